The van der Waals surface area contributed by atoms with Crippen molar-refractivity contribution in [2.45, 2.75) is 6.54 Å². The van der Waals surface area contributed by atoms with E-state index in [1.165, 1.54) is 4.88 Å². The van der Waals surface area contributed by atoms with Gasteiger partial charge in [-0.3, -0.25) is 4.98 Å². The zero-order valence-electron chi connectivity index (χ0n) is 10.8. The number of halogens is 1. The lowest BCUT2D eigenvalue weighted by Crippen LogP contribution is -1.99. The van der Waals surface area contributed by atoms with Crippen LogP contribution in [0.3, 0.4) is 0 Å². The van der Waals surface area contributed by atoms with Gasteiger partial charge in [-0.15, -0.1) is 11.3 Å². The van der Waals surface area contributed by atoms with E-state index in [2.05, 4.69) is 48.0 Å². The van der Waals surface area contributed by atoms with Crippen LogP contribution in [0.15, 0.2) is 46.4 Å². The molecule has 6 heteroatoms. The minimum absolute atomic E-state index is 0.725. The number of aromatic nitrogens is 3. The number of thiophene rings is 1. The van der Waals surface area contributed by atoms with Crippen LogP contribution in [0.1, 0.15) is 4.88 Å². The fourth-order valence-corrected chi connectivity index (χ4v) is 4.26. The molecule has 0 unspecified atom stereocenters. The minimum atomic E-state index is 0.725. The van der Waals surface area contributed by atoms with Crippen molar-refractivity contribution in [1.29, 1.82) is 0 Å². The zero-order valence-corrected chi connectivity index (χ0v) is 14.1. The van der Waals surface area contributed by atoms with Gasteiger partial charge in [-0.2, -0.15) is 0 Å². The Balaban J connectivity index is 2.03. The van der Waals surface area contributed by atoms with E-state index in [4.69, 9.17) is 12.2 Å². The first-order valence-corrected chi connectivity index (χ1v) is 8.50. The van der Waals surface area contributed by atoms with Crippen LogP contribution in [0.2, 0.25) is 0 Å². The van der Waals surface area contributed by atoms with Crippen molar-refractivity contribution < 1.29 is 0 Å². The van der Waals surface area contributed by atoms with E-state index in [0.29, 0.717) is 0 Å². The monoisotopic (exact) mass is 375 g/mol. The van der Waals surface area contributed by atoms with Gasteiger partial charge >= 0.3 is 0 Å². The third-order valence-electron chi connectivity index (χ3n) is 3.50. The normalized spacial score (nSPS) is 11.5. The van der Waals surface area contributed by atoms with Crippen LogP contribution in [-0.2, 0) is 6.54 Å². The summed E-state index contributed by atoms with van der Waals surface area (Å²) in [5.74, 6) is 0. The van der Waals surface area contributed by atoms with E-state index in [1.807, 2.05) is 24.4 Å². The summed E-state index contributed by atoms with van der Waals surface area (Å²) in [4.78, 5) is 8.99. The third-order valence-corrected chi connectivity index (χ3v) is 5.73. The number of pyridine rings is 1. The standard InChI is InChI=1S/C15H10BrN3S2/c16-10-5-6-21-13(10)8-19-14-9-3-1-2-4-11(9)17-7-12(14)18-15(19)20/h1-7H,8H2,(H,18,20). The van der Waals surface area contributed by atoms with E-state index in [1.54, 1.807) is 11.3 Å². The van der Waals surface area contributed by atoms with Gasteiger partial charge in [0.1, 0.15) is 0 Å². The van der Waals surface area contributed by atoms with Crippen LogP contribution in [0, 0.1) is 4.77 Å². The summed E-state index contributed by atoms with van der Waals surface area (Å²) in [5.41, 5.74) is 3.08. The lowest BCUT2D eigenvalue weighted by molar-refractivity contribution is 0.823. The Kier molecular flexibility index (Phi) is 3.17. The van der Waals surface area contributed by atoms with E-state index < -0.39 is 0 Å². The molecule has 0 spiro atoms. The van der Waals surface area contributed by atoms with Crippen LogP contribution in [0.5, 0.6) is 0 Å². The Bertz CT molecular complexity index is 1010. The molecule has 4 rings (SSSR count). The first kappa shape index (κ1) is 13.2. The third kappa shape index (κ3) is 2.14. The van der Waals surface area contributed by atoms with Crippen molar-refractivity contribution in [2.24, 2.45) is 0 Å². The highest BCUT2D eigenvalue weighted by atomic mass is 79.9. The van der Waals surface area contributed by atoms with Gasteiger partial charge in [0.05, 0.1) is 29.3 Å². The van der Waals surface area contributed by atoms with Crippen molar-refractivity contribution in [3.63, 3.8) is 0 Å². The second kappa shape index (κ2) is 5.05. The number of fused-ring (bicyclic) bond motifs is 3. The highest BCUT2D eigenvalue weighted by molar-refractivity contribution is 9.10. The maximum Gasteiger partial charge on any atom is 0.178 e. The highest BCUT2D eigenvalue weighted by Crippen LogP contribution is 2.28. The molecule has 3 heterocycles. The van der Waals surface area contributed by atoms with Crippen LogP contribution < -0.4 is 0 Å². The van der Waals surface area contributed by atoms with Gasteiger partial charge in [-0.1, -0.05) is 18.2 Å². The number of benzene rings is 1. The predicted molar refractivity (Wildman–Crippen MR) is 93.5 cm³/mol. The van der Waals surface area contributed by atoms with Crippen molar-refractivity contribution in [2.75, 3.05) is 0 Å². The summed E-state index contributed by atoms with van der Waals surface area (Å²) in [6.07, 6.45) is 1.85. The summed E-state index contributed by atoms with van der Waals surface area (Å²) in [6.45, 7) is 0.755. The largest absolute Gasteiger partial charge is 0.329 e. The Morgan fingerprint density at radius 2 is 2.14 bits per heavy atom. The number of aromatic amines is 1. The summed E-state index contributed by atoms with van der Waals surface area (Å²) in [7, 11) is 0. The van der Waals surface area contributed by atoms with Crippen molar-refractivity contribution >= 4 is 61.4 Å². The lowest BCUT2D eigenvalue weighted by atomic mass is 10.2. The van der Waals surface area contributed by atoms with E-state index in [0.717, 1.165) is 37.7 Å². The minimum Gasteiger partial charge on any atom is -0.329 e. The van der Waals surface area contributed by atoms with Gasteiger partial charge in [0.25, 0.3) is 0 Å². The molecule has 104 valence electrons. The molecule has 3 nitrogen and oxygen atoms in total. The maximum atomic E-state index is 5.50. The van der Waals surface area contributed by atoms with Crippen LogP contribution >= 0.6 is 39.5 Å². The number of nitrogens with one attached hydrogen (secondary N) is 1. The van der Waals surface area contributed by atoms with Gasteiger partial charge in [0.2, 0.25) is 0 Å². The fourth-order valence-electron chi connectivity index (χ4n) is 2.53. The van der Waals surface area contributed by atoms with Gasteiger partial charge in [0.15, 0.2) is 4.77 Å². The van der Waals surface area contributed by atoms with Gasteiger partial charge in [-0.05, 0) is 45.7 Å². The molecular weight excluding hydrogens is 366 g/mol. The summed E-state index contributed by atoms with van der Waals surface area (Å²) in [6, 6.07) is 10.2. The summed E-state index contributed by atoms with van der Waals surface area (Å²) < 4.78 is 4.00. The second-order valence-electron chi connectivity index (χ2n) is 4.75. The van der Waals surface area contributed by atoms with Crippen molar-refractivity contribution in [3.8, 4) is 0 Å². The number of hydrogen-bond donors (Lipinski definition) is 1. The molecule has 4 aromatic rings. The number of H-pyrrole nitrogens is 1. The highest BCUT2D eigenvalue weighted by Gasteiger charge is 2.11. The van der Waals surface area contributed by atoms with Crippen LogP contribution in [-0.4, -0.2) is 14.5 Å². The first-order chi connectivity index (χ1) is 10.2. The molecule has 0 aliphatic rings. The molecule has 0 atom stereocenters. The average Bonchev–Trinajstić information content (AvgIpc) is 3.04. The Morgan fingerprint density at radius 1 is 1.29 bits per heavy atom. The molecule has 0 saturated carbocycles. The number of hydrogen-bond acceptors (Lipinski definition) is 3. The van der Waals surface area contributed by atoms with E-state index >= 15 is 0 Å². The molecule has 1 aromatic carbocycles. The quantitative estimate of drug-likeness (QED) is 0.493. The van der Waals surface area contributed by atoms with E-state index in [9.17, 15) is 0 Å². The Hall–Kier alpha value is -1.50. The molecule has 21 heavy (non-hydrogen) atoms. The second-order valence-corrected chi connectivity index (χ2v) is 6.99. The molecule has 0 bridgehead atoms. The molecule has 3 aromatic heterocycles. The SMILES string of the molecule is S=c1[nH]c2cnc3ccccc3c2n1Cc1sccc1Br. The lowest BCUT2D eigenvalue weighted by Gasteiger charge is -2.06. The van der Waals surface area contributed by atoms with Gasteiger partial charge in [0, 0.05) is 14.7 Å². The molecule has 0 saturated heterocycles. The molecule has 0 amide bonds. The van der Waals surface area contributed by atoms with Crippen LogP contribution in [0.25, 0.3) is 21.9 Å². The first-order valence-electron chi connectivity index (χ1n) is 6.42. The summed E-state index contributed by atoms with van der Waals surface area (Å²) >= 11 is 10.8. The number of imidazole rings is 1. The zero-order chi connectivity index (χ0) is 14.4. The van der Waals surface area contributed by atoms with Crippen molar-refractivity contribution in [1.82, 2.24) is 14.5 Å². The predicted octanol–water partition coefficient (Wildman–Crippen LogP) is 5.12. The molecule has 0 aliphatic heterocycles. The molecule has 0 fully saturated rings. The summed E-state index contributed by atoms with van der Waals surface area (Å²) in [5, 5.41) is 3.20. The van der Waals surface area contributed by atoms with Gasteiger partial charge in [-0.25, -0.2) is 0 Å². The van der Waals surface area contributed by atoms with Gasteiger partial charge < -0.3 is 9.55 Å². The Morgan fingerprint density at radius 3 is 2.95 bits per heavy atom. The number of nitrogens with zero attached hydrogens (tertiary/aromatic N) is 2. The molecule has 1 N–H and O–H groups in total. The topological polar surface area (TPSA) is 33.6 Å². The Labute approximate surface area is 138 Å². The van der Waals surface area contributed by atoms with E-state index in [-0.39, 0.29) is 0 Å². The average molecular weight is 376 g/mol. The number of para-hydroxylation sites is 1. The maximum absolute atomic E-state index is 5.50. The molecule has 0 aliphatic carbocycles. The van der Waals surface area contributed by atoms with Crippen molar-refractivity contribution in [3.05, 3.63) is 56.0 Å². The number of rotatable bonds is 2. The smallest absolute Gasteiger partial charge is 0.178 e. The van der Waals surface area contributed by atoms with Crippen LogP contribution in [0.4, 0.5) is 0 Å². The molecule has 0 radical (unpaired) electrons. The molecular formula is C15H10BrN3S2. The fraction of sp³-hybridized carbons (Fsp3) is 0.0667.